The Hall–Kier alpha value is -2.24. The van der Waals surface area contributed by atoms with Gasteiger partial charge in [0.2, 0.25) is 0 Å². The maximum Gasteiger partial charge on any atom is 0.126 e. The molecule has 0 aliphatic heterocycles. The zero-order valence-corrected chi connectivity index (χ0v) is 10.2. The van der Waals surface area contributed by atoms with E-state index >= 15 is 0 Å². The fraction of sp³-hybridized carbons (Fsp3) is 0. The Morgan fingerprint density at radius 2 is 1.83 bits per heavy atom. The summed E-state index contributed by atoms with van der Waals surface area (Å²) in [7, 11) is 0. The first-order chi connectivity index (χ1) is 8.79. The zero-order chi connectivity index (χ0) is 12.5. The fourth-order valence-electron chi connectivity index (χ4n) is 2.16. The summed E-state index contributed by atoms with van der Waals surface area (Å²) in [6.07, 6.45) is 0. The van der Waals surface area contributed by atoms with E-state index in [1.807, 2.05) is 48.5 Å². The lowest BCUT2D eigenvalue weighted by Crippen LogP contribution is -1.79. The van der Waals surface area contributed by atoms with Crippen LogP contribution in [-0.2, 0) is 0 Å². The molecule has 0 atom stereocenters. The molecule has 0 radical (unpaired) electrons. The summed E-state index contributed by atoms with van der Waals surface area (Å²) in [6.45, 7) is 0. The Morgan fingerprint density at radius 1 is 1.06 bits per heavy atom. The minimum absolute atomic E-state index is 0.568. The van der Waals surface area contributed by atoms with Crippen LogP contribution in [0.2, 0.25) is 5.02 Å². The quantitative estimate of drug-likeness (QED) is 0.687. The molecule has 0 unspecified atom stereocenters. The Morgan fingerprint density at radius 3 is 2.56 bits per heavy atom. The number of nitrogens with zero attached hydrogens (tertiary/aromatic N) is 1. The standard InChI is InChI=1S/C15H9ClN2/c16-11-6-7-12-13(8-11)18-14(9-17)15(12)10-4-2-1-3-5-10/h1-8,18H. The van der Waals surface area contributed by atoms with Crippen LogP contribution in [0.15, 0.2) is 48.5 Å². The van der Waals surface area contributed by atoms with E-state index < -0.39 is 0 Å². The third kappa shape index (κ3) is 1.66. The van der Waals surface area contributed by atoms with E-state index in [2.05, 4.69) is 11.1 Å². The lowest BCUT2D eigenvalue weighted by atomic mass is 10.0. The first kappa shape index (κ1) is 10.9. The van der Waals surface area contributed by atoms with Gasteiger partial charge in [-0.05, 0) is 17.7 Å². The van der Waals surface area contributed by atoms with E-state index in [4.69, 9.17) is 11.6 Å². The van der Waals surface area contributed by atoms with Gasteiger partial charge in [0.15, 0.2) is 0 Å². The highest BCUT2D eigenvalue weighted by atomic mass is 35.5. The third-order valence-electron chi connectivity index (χ3n) is 2.93. The van der Waals surface area contributed by atoms with Crippen molar-refractivity contribution in [3.8, 4) is 17.2 Å². The molecule has 0 spiro atoms. The van der Waals surface area contributed by atoms with Crippen LogP contribution in [-0.4, -0.2) is 4.98 Å². The van der Waals surface area contributed by atoms with Gasteiger partial charge in [0.25, 0.3) is 0 Å². The Balaban J connectivity index is 2.38. The van der Waals surface area contributed by atoms with Gasteiger partial charge in [-0.2, -0.15) is 5.26 Å². The molecular formula is C15H9ClN2. The Kier molecular flexibility index (Phi) is 2.55. The molecule has 18 heavy (non-hydrogen) atoms. The summed E-state index contributed by atoms with van der Waals surface area (Å²) in [5.74, 6) is 0. The van der Waals surface area contributed by atoms with Crippen molar-refractivity contribution in [2.75, 3.05) is 0 Å². The third-order valence-corrected chi connectivity index (χ3v) is 3.17. The number of nitriles is 1. The smallest absolute Gasteiger partial charge is 0.126 e. The largest absolute Gasteiger partial charge is 0.346 e. The molecule has 3 rings (SSSR count). The molecule has 0 bridgehead atoms. The van der Waals surface area contributed by atoms with E-state index in [1.165, 1.54) is 0 Å². The number of nitrogens with one attached hydrogen (secondary N) is 1. The number of aromatic nitrogens is 1. The van der Waals surface area contributed by atoms with E-state index in [0.717, 1.165) is 22.0 Å². The van der Waals surface area contributed by atoms with Crippen LogP contribution in [0, 0.1) is 11.3 Å². The summed E-state index contributed by atoms with van der Waals surface area (Å²) in [4.78, 5) is 3.11. The second-order valence-electron chi connectivity index (χ2n) is 4.04. The number of aromatic amines is 1. The minimum atomic E-state index is 0.568. The van der Waals surface area contributed by atoms with E-state index in [9.17, 15) is 5.26 Å². The predicted molar refractivity (Wildman–Crippen MR) is 73.5 cm³/mol. The van der Waals surface area contributed by atoms with Crippen LogP contribution in [0.1, 0.15) is 5.69 Å². The van der Waals surface area contributed by atoms with E-state index in [-0.39, 0.29) is 0 Å². The molecule has 1 heterocycles. The van der Waals surface area contributed by atoms with E-state index in [0.29, 0.717) is 10.7 Å². The van der Waals surface area contributed by atoms with Gasteiger partial charge in [-0.15, -0.1) is 0 Å². The molecule has 1 N–H and O–H groups in total. The van der Waals surface area contributed by atoms with Crippen LogP contribution < -0.4 is 0 Å². The molecule has 0 aliphatic carbocycles. The van der Waals surface area contributed by atoms with Crippen LogP contribution in [0.3, 0.4) is 0 Å². The first-order valence-electron chi connectivity index (χ1n) is 5.56. The van der Waals surface area contributed by atoms with Crippen LogP contribution >= 0.6 is 11.6 Å². The van der Waals surface area contributed by atoms with Crippen molar-refractivity contribution in [3.05, 3.63) is 59.2 Å². The topological polar surface area (TPSA) is 39.6 Å². The summed E-state index contributed by atoms with van der Waals surface area (Å²) in [5, 5.41) is 10.9. The molecule has 0 fully saturated rings. The number of rotatable bonds is 1. The monoisotopic (exact) mass is 252 g/mol. The first-order valence-corrected chi connectivity index (χ1v) is 5.94. The number of hydrogen-bond acceptors (Lipinski definition) is 1. The molecule has 86 valence electrons. The average molecular weight is 253 g/mol. The molecule has 1 aromatic heterocycles. The Labute approximate surface area is 109 Å². The molecule has 0 aliphatic rings. The highest BCUT2D eigenvalue weighted by molar-refractivity contribution is 6.31. The maximum atomic E-state index is 9.24. The molecular weight excluding hydrogens is 244 g/mol. The molecule has 3 aromatic rings. The molecule has 3 heteroatoms. The van der Waals surface area contributed by atoms with Gasteiger partial charge in [0.1, 0.15) is 11.8 Å². The van der Waals surface area contributed by atoms with Crippen molar-refractivity contribution in [2.45, 2.75) is 0 Å². The highest BCUT2D eigenvalue weighted by Gasteiger charge is 2.12. The second-order valence-corrected chi connectivity index (χ2v) is 4.48. The van der Waals surface area contributed by atoms with Crippen molar-refractivity contribution in [3.63, 3.8) is 0 Å². The van der Waals surface area contributed by atoms with E-state index in [1.54, 1.807) is 0 Å². The van der Waals surface area contributed by atoms with Crippen molar-refractivity contribution in [2.24, 2.45) is 0 Å². The van der Waals surface area contributed by atoms with Crippen LogP contribution in [0.4, 0.5) is 0 Å². The number of fused-ring (bicyclic) bond motifs is 1. The summed E-state index contributed by atoms with van der Waals surface area (Å²) < 4.78 is 0. The minimum Gasteiger partial charge on any atom is -0.346 e. The van der Waals surface area contributed by atoms with Gasteiger partial charge in [-0.25, -0.2) is 0 Å². The Bertz CT molecular complexity index is 751. The molecule has 2 nitrogen and oxygen atoms in total. The van der Waals surface area contributed by atoms with Crippen molar-refractivity contribution >= 4 is 22.5 Å². The van der Waals surface area contributed by atoms with Gasteiger partial charge in [0, 0.05) is 21.5 Å². The van der Waals surface area contributed by atoms with Gasteiger partial charge >= 0.3 is 0 Å². The molecule has 0 saturated heterocycles. The van der Waals surface area contributed by atoms with Gasteiger partial charge in [-0.1, -0.05) is 48.0 Å². The van der Waals surface area contributed by atoms with Gasteiger partial charge < -0.3 is 4.98 Å². The fourth-order valence-corrected chi connectivity index (χ4v) is 2.33. The number of hydrogen-bond donors (Lipinski definition) is 1. The summed E-state index contributed by atoms with van der Waals surface area (Å²) in [6, 6.07) is 17.7. The lowest BCUT2D eigenvalue weighted by Gasteiger charge is -2.00. The molecule has 2 aromatic carbocycles. The molecule has 0 saturated carbocycles. The number of H-pyrrole nitrogens is 1. The van der Waals surface area contributed by atoms with Crippen molar-refractivity contribution in [1.29, 1.82) is 5.26 Å². The van der Waals surface area contributed by atoms with Crippen molar-refractivity contribution in [1.82, 2.24) is 4.98 Å². The van der Waals surface area contributed by atoms with Gasteiger partial charge in [0.05, 0.1) is 0 Å². The maximum absolute atomic E-state index is 9.24. The summed E-state index contributed by atoms with van der Waals surface area (Å²) in [5.41, 5.74) is 3.42. The zero-order valence-electron chi connectivity index (χ0n) is 9.44. The number of benzene rings is 2. The van der Waals surface area contributed by atoms with Gasteiger partial charge in [-0.3, -0.25) is 0 Å². The lowest BCUT2D eigenvalue weighted by molar-refractivity contribution is 1.37. The van der Waals surface area contributed by atoms with Crippen molar-refractivity contribution < 1.29 is 0 Å². The van der Waals surface area contributed by atoms with Crippen LogP contribution in [0.25, 0.3) is 22.0 Å². The summed E-state index contributed by atoms with van der Waals surface area (Å²) >= 11 is 5.97. The average Bonchev–Trinajstić information content (AvgIpc) is 2.77. The highest BCUT2D eigenvalue weighted by Crippen LogP contribution is 2.33. The molecule has 0 amide bonds. The normalized spacial score (nSPS) is 10.4. The number of halogens is 1. The SMILES string of the molecule is N#Cc1[nH]c2cc(Cl)ccc2c1-c1ccccc1. The second kappa shape index (κ2) is 4.21. The predicted octanol–water partition coefficient (Wildman–Crippen LogP) is 4.36. The van der Waals surface area contributed by atoms with Crippen LogP contribution in [0.5, 0.6) is 0 Å².